The van der Waals surface area contributed by atoms with Crippen LogP contribution in [0.2, 0.25) is 0 Å². The molecule has 0 saturated carbocycles. The first-order valence-electron chi connectivity index (χ1n) is 4.14. The molecular formula is C9H15NO3. The van der Waals surface area contributed by atoms with Crippen LogP contribution in [0.1, 0.15) is 26.7 Å². The van der Waals surface area contributed by atoms with Crippen LogP contribution in [0.3, 0.4) is 0 Å². The van der Waals surface area contributed by atoms with Crippen molar-refractivity contribution in [1.82, 2.24) is 0 Å². The second kappa shape index (κ2) is 5.35. The van der Waals surface area contributed by atoms with Crippen molar-refractivity contribution >= 4 is 18.1 Å². The highest BCUT2D eigenvalue weighted by Gasteiger charge is 2.18. The SMILES string of the molecule is [CH2-]/C=[N+](/C(=O)CCC(=O)O)C(C)C. The van der Waals surface area contributed by atoms with E-state index < -0.39 is 5.97 Å². The molecule has 0 radical (unpaired) electrons. The lowest BCUT2D eigenvalue weighted by Gasteiger charge is -2.04. The third kappa shape index (κ3) is 4.30. The van der Waals surface area contributed by atoms with E-state index in [1.807, 2.05) is 13.8 Å². The Hall–Kier alpha value is -1.32. The summed E-state index contributed by atoms with van der Waals surface area (Å²) < 4.78 is 1.43. The largest absolute Gasteiger partial charge is 0.481 e. The monoisotopic (exact) mass is 185 g/mol. The van der Waals surface area contributed by atoms with E-state index in [2.05, 4.69) is 6.92 Å². The lowest BCUT2D eigenvalue weighted by Crippen LogP contribution is -2.28. The molecule has 0 aromatic heterocycles. The van der Waals surface area contributed by atoms with Gasteiger partial charge in [-0.05, 0) is 13.8 Å². The summed E-state index contributed by atoms with van der Waals surface area (Å²) >= 11 is 0. The van der Waals surface area contributed by atoms with Crippen LogP contribution >= 0.6 is 0 Å². The van der Waals surface area contributed by atoms with E-state index in [0.717, 1.165) is 0 Å². The molecule has 4 nitrogen and oxygen atoms in total. The Labute approximate surface area is 77.9 Å². The minimum absolute atomic E-state index is 0.0267. The summed E-state index contributed by atoms with van der Waals surface area (Å²) in [4.78, 5) is 21.5. The Morgan fingerprint density at radius 2 is 2.00 bits per heavy atom. The third-order valence-electron chi connectivity index (χ3n) is 1.59. The molecule has 0 bridgehead atoms. The van der Waals surface area contributed by atoms with Crippen LogP contribution in [-0.2, 0) is 9.59 Å². The van der Waals surface area contributed by atoms with Gasteiger partial charge in [0.2, 0.25) is 0 Å². The summed E-state index contributed by atoms with van der Waals surface area (Å²) in [5.41, 5.74) is 0. The molecular weight excluding hydrogens is 170 g/mol. The van der Waals surface area contributed by atoms with E-state index in [1.165, 1.54) is 10.8 Å². The Balaban J connectivity index is 4.17. The van der Waals surface area contributed by atoms with Crippen molar-refractivity contribution in [3.8, 4) is 0 Å². The van der Waals surface area contributed by atoms with E-state index in [0.29, 0.717) is 0 Å². The number of carbonyl (C=O) groups excluding carboxylic acids is 1. The normalized spacial score (nSPS) is 11.8. The highest BCUT2D eigenvalue weighted by atomic mass is 16.4. The number of carboxylic acid groups (broad SMARTS) is 1. The van der Waals surface area contributed by atoms with Crippen molar-refractivity contribution in [2.45, 2.75) is 32.7 Å². The Morgan fingerprint density at radius 1 is 1.46 bits per heavy atom. The van der Waals surface area contributed by atoms with E-state index in [4.69, 9.17) is 5.11 Å². The summed E-state index contributed by atoms with van der Waals surface area (Å²) in [7, 11) is 0. The van der Waals surface area contributed by atoms with Crippen LogP contribution in [-0.4, -0.2) is 33.8 Å². The van der Waals surface area contributed by atoms with Gasteiger partial charge in [0, 0.05) is 6.21 Å². The first-order valence-corrected chi connectivity index (χ1v) is 4.14. The molecule has 74 valence electrons. The maximum atomic E-state index is 11.3. The molecule has 0 spiro atoms. The molecule has 0 saturated heterocycles. The van der Waals surface area contributed by atoms with E-state index in [9.17, 15) is 9.59 Å². The maximum Gasteiger partial charge on any atom is 0.385 e. The van der Waals surface area contributed by atoms with Crippen molar-refractivity contribution in [2.24, 2.45) is 0 Å². The summed E-state index contributed by atoms with van der Waals surface area (Å²) in [6.07, 6.45) is 1.32. The molecule has 0 aliphatic rings. The number of carbonyl (C=O) groups is 2. The molecule has 0 aromatic rings. The summed E-state index contributed by atoms with van der Waals surface area (Å²) in [6.45, 7) is 7.18. The number of aliphatic carboxylic acids is 1. The van der Waals surface area contributed by atoms with Gasteiger partial charge >= 0.3 is 11.9 Å². The second-order valence-electron chi connectivity index (χ2n) is 2.97. The van der Waals surface area contributed by atoms with Crippen molar-refractivity contribution < 1.29 is 19.3 Å². The number of amides is 1. The fourth-order valence-corrected chi connectivity index (χ4v) is 0.944. The van der Waals surface area contributed by atoms with Gasteiger partial charge in [0.05, 0.1) is 12.8 Å². The first kappa shape index (κ1) is 11.7. The molecule has 0 aromatic carbocycles. The zero-order chi connectivity index (χ0) is 10.4. The Morgan fingerprint density at radius 3 is 2.31 bits per heavy atom. The Kier molecular flexibility index (Phi) is 4.80. The van der Waals surface area contributed by atoms with Gasteiger partial charge in [0.25, 0.3) is 0 Å². The topological polar surface area (TPSA) is 57.4 Å². The molecule has 1 amide bonds. The average Bonchev–Trinajstić information content (AvgIpc) is 2.01. The fraction of sp³-hybridized carbons (Fsp3) is 0.556. The van der Waals surface area contributed by atoms with Gasteiger partial charge in [-0.15, -0.1) is 0 Å². The van der Waals surface area contributed by atoms with Gasteiger partial charge in [-0.25, -0.2) is 4.79 Å². The molecule has 0 heterocycles. The molecule has 0 unspecified atom stereocenters. The van der Waals surface area contributed by atoms with Gasteiger partial charge in [-0.2, -0.15) is 4.58 Å². The van der Waals surface area contributed by atoms with Gasteiger partial charge in [0.1, 0.15) is 0 Å². The van der Waals surface area contributed by atoms with E-state index in [1.54, 1.807) is 0 Å². The van der Waals surface area contributed by atoms with Gasteiger partial charge < -0.3 is 12.0 Å². The number of carboxylic acids is 1. The van der Waals surface area contributed by atoms with E-state index >= 15 is 0 Å². The predicted molar refractivity (Wildman–Crippen MR) is 48.7 cm³/mol. The first-order chi connectivity index (χ1) is 5.99. The zero-order valence-electron chi connectivity index (χ0n) is 7.99. The highest BCUT2D eigenvalue weighted by molar-refractivity contribution is 5.78. The number of hydrogen-bond acceptors (Lipinski definition) is 2. The van der Waals surface area contributed by atoms with Crippen LogP contribution < -0.4 is 0 Å². The number of nitrogens with zero attached hydrogens (tertiary/aromatic N) is 1. The van der Waals surface area contributed by atoms with Crippen molar-refractivity contribution in [3.05, 3.63) is 6.92 Å². The molecule has 1 N–H and O–H groups in total. The number of hydrogen-bond donors (Lipinski definition) is 1. The van der Waals surface area contributed by atoms with Crippen LogP contribution in [0.4, 0.5) is 0 Å². The smallest absolute Gasteiger partial charge is 0.385 e. The average molecular weight is 185 g/mol. The second-order valence-corrected chi connectivity index (χ2v) is 2.97. The minimum atomic E-state index is -0.957. The lowest BCUT2D eigenvalue weighted by atomic mass is 10.2. The predicted octanol–water partition coefficient (Wildman–Crippen LogP) is 0.704. The fourth-order valence-electron chi connectivity index (χ4n) is 0.944. The number of rotatable bonds is 4. The van der Waals surface area contributed by atoms with Crippen LogP contribution in [0.25, 0.3) is 0 Å². The van der Waals surface area contributed by atoms with Crippen LogP contribution in [0.15, 0.2) is 0 Å². The maximum absolute atomic E-state index is 11.3. The highest BCUT2D eigenvalue weighted by Crippen LogP contribution is 1.96. The molecule has 0 rings (SSSR count). The van der Waals surface area contributed by atoms with Gasteiger partial charge in [0.15, 0.2) is 6.04 Å². The molecule has 13 heavy (non-hydrogen) atoms. The summed E-state index contributed by atoms with van der Waals surface area (Å²) in [6, 6.07) is 0.0267. The van der Waals surface area contributed by atoms with E-state index in [-0.39, 0.29) is 24.8 Å². The molecule has 0 aliphatic heterocycles. The summed E-state index contributed by atoms with van der Waals surface area (Å²) in [5.74, 6) is -1.16. The quantitative estimate of drug-likeness (QED) is 0.398. The Bertz CT molecular complexity index is 231. The standard InChI is InChI=1S/C9H15NO3/c1-4-10(7(2)3)8(11)5-6-9(12)13/h4,7H,1,5-6H2,2-3H3,(H,12,13)/b10-4+. The molecule has 0 fully saturated rings. The molecule has 4 heteroatoms. The van der Waals surface area contributed by atoms with Crippen molar-refractivity contribution in [2.75, 3.05) is 0 Å². The van der Waals surface area contributed by atoms with Gasteiger partial charge in [-0.1, -0.05) is 0 Å². The summed E-state index contributed by atoms with van der Waals surface area (Å²) in [5, 5.41) is 8.36. The van der Waals surface area contributed by atoms with Crippen molar-refractivity contribution in [3.63, 3.8) is 0 Å². The lowest BCUT2D eigenvalue weighted by molar-refractivity contribution is -0.476. The minimum Gasteiger partial charge on any atom is -0.481 e. The molecule has 0 aliphatic carbocycles. The van der Waals surface area contributed by atoms with Crippen LogP contribution in [0, 0.1) is 6.92 Å². The van der Waals surface area contributed by atoms with Crippen molar-refractivity contribution in [1.29, 1.82) is 0 Å². The zero-order valence-corrected chi connectivity index (χ0v) is 7.99. The van der Waals surface area contributed by atoms with Gasteiger partial charge in [-0.3, -0.25) is 4.79 Å². The third-order valence-corrected chi connectivity index (χ3v) is 1.59. The van der Waals surface area contributed by atoms with Crippen LogP contribution in [0.5, 0.6) is 0 Å². The molecule has 0 atom stereocenters.